The van der Waals surface area contributed by atoms with E-state index in [1.54, 1.807) is 6.92 Å². The van der Waals surface area contributed by atoms with Gasteiger partial charge in [0.2, 0.25) is 5.78 Å². The van der Waals surface area contributed by atoms with Crippen LogP contribution in [0.1, 0.15) is 98.3 Å². The second-order valence-corrected chi connectivity index (χ2v) is 11.5. The Morgan fingerprint density at radius 3 is 2.45 bits per heavy atom. The van der Waals surface area contributed by atoms with Crippen LogP contribution < -0.4 is 0 Å². The van der Waals surface area contributed by atoms with Crippen molar-refractivity contribution in [2.24, 2.45) is 46.3 Å². The van der Waals surface area contributed by atoms with Crippen LogP contribution >= 0.6 is 0 Å². The Morgan fingerprint density at radius 2 is 1.69 bits per heavy atom. The van der Waals surface area contributed by atoms with Gasteiger partial charge in [0.1, 0.15) is 0 Å². The zero-order chi connectivity index (χ0) is 20.8. The number of rotatable bonds is 5. The van der Waals surface area contributed by atoms with Gasteiger partial charge >= 0.3 is 5.97 Å². The SMILES string of the molecule is CCOC(=O)C(=O)C[C@@H](C)[C@H]1CC[C@H]2[C@@H]3CC[C@@H]4CCCC[C@]4(C)[C@H]3CC[C@]12C. The fraction of sp³-hybridized carbons (Fsp3) is 0.923. The summed E-state index contributed by atoms with van der Waals surface area (Å²) < 4.78 is 4.94. The third-order valence-electron chi connectivity index (χ3n) is 10.4. The van der Waals surface area contributed by atoms with Gasteiger partial charge < -0.3 is 4.74 Å². The summed E-state index contributed by atoms with van der Waals surface area (Å²) in [6.45, 7) is 9.43. The molecule has 4 saturated carbocycles. The van der Waals surface area contributed by atoms with Gasteiger partial charge in [0.25, 0.3) is 0 Å². The molecule has 164 valence electrons. The van der Waals surface area contributed by atoms with Gasteiger partial charge in [-0.2, -0.15) is 0 Å². The van der Waals surface area contributed by atoms with E-state index in [0.29, 0.717) is 23.2 Å². The van der Waals surface area contributed by atoms with E-state index in [4.69, 9.17) is 4.74 Å². The van der Waals surface area contributed by atoms with Crippen molar-refractivity contribution in [1.29, 1.82) is 0 Å². The molecule has 0 N–H and O–H groups in total. The highest BCUT2D eigenvalue weighted by atomic mass is 16.5. The molecule has 4 fully saturated rings. The second kappa shape index (κ2) is 8.00. The highest BCUT2D eigenvalue weighted by Gasteiger charge is 2.60. The van der Waals surface area contributed by atoms with Crippen LogP contribution in [0.5, 0.6) is 0 Å². The Labute approximate surface area is 177 Å². The number of ether oxygens (including phenoxy) is 1. The Morgan fingerprint density at radius 1 is 0.931 bits per heavy atom. The summed E-state index contributed by atoms with van der Waals surface area (Å²) in [6, 6.07) is 0. The lowest BCUT2D eigenvalue weighted by molar-refractivity contribution is -0.154. The van der Waals surface area contributed by atoms with E-state index in [0.717, 1.165) is 23.7 Å². The molecule has 4 rings (SSSR count). The van der Waals surface area contributed by atoms with E-state index in [1.165, 1.54) is 64.2 Å². The van der Waals surface area contributed by atoms with Crippen LogP contribution in [0.25, 0.3) is 0 Å². The quantitative estimate of drug-likeness (QED) is 0.406. The smallest absolute Gasteiger partial charge is 0.374 e. The molecule has 0 aliphatic heterocycles. The molecular formula is C26H42O3. The maximum atomic E-state index is 12.3. The van der Waals surface area contributed by atoms with Crippen LogP contribution in [0.15, 0.2) is 0 Å². The maximum absolute atomic E-state index is 12.3. The number of hydrogen-bond donors (Lipinski definition) is 0. The number of hydrogen-bond acceptors (Lipinski definition) is 3. The first kappa shape index (κ1) is 21.4. The third kappa shape index (κ3) is 3.49. The van der Waals surface area contributed by atoms with Crippen molar-refractivity contribution in [3.05, 3.63) is 0 Å². The van der Waals surface area contributed by atoms with Crippen LogP contribution in [-0.4, -0.2) is 18.4 Å². The zero-order valence-electron chi connectivity index (χ0n) is 19.2. The Balaban J connectivity index is 1.48. The molecule has 0 unspecified atom stereocenters. The van der Waals surface area contributed by atoms with Gasteiger partial charge in [0.15, 0.2) is 0 Å². The van der Waals surface area contributed by atoms with Gasteiger partial charge in [-0.05, 0) is 105 Å². The molecule has 0 aromatic carbocycles. The minimum Gasteiger partial charge on any atom is -0.460 e. The molecule has 0 amide bonds. The monoisotopic (exact) mass is 402 g/mol. The molecule has 0 aromatic rings. The first-order chi connectivity index (χ1) is 13.8. The summed E-state index contributed by atoms with van der Waals surface area (Å²) in [7, 11) is 0. The van der Waals surface area contributed by atoms with Crippen molar-refractivity contribution in [3.8, 4) is 0 Å². The van der Waals surface area contributed by atoms with Crippen LogP contribution in [0.2, 0.25) is 0 Å². The van der Waals surface area contributed by atoms with E-state index in [9.17, 15) is 9.59 Å². The summed E-state index contributed by atoms with van der Waals surface area (Å²) in [6.07, 6.45) is 14.3. The summed E-state index contributed by atoms with van der Waals surface area (Å²) in [5.74, 6) is 3.51. The fourth-order valence-electron chi connectivity index (χ4n) is 9.00. The molecule has 0 bridgehead atoms. The minimum atomic E-state index is -0.633. The maximum Gasteiger partial charge on any atom is 0.374 e. The van der Waals surface area contributed by atoms with Crippen molar-refractivity contribution in [2.75, 3.05) is 6.61 Å². The van der Waals surface area contributed by atoms with Gasteiger partial charge in [0, 0.05) is 6.42 Å². The molecule has 4 aliphatic rings. The first-order valence-electron chi connectivity index (χ1n) is 12.5. The highest BCUT2D eigenvalue weighted by molar-refractivity contribution is 6.33. The van der Waals surface area contributed by atoms with E-state index >= 15 is 0 Å². The molecular weight excluding hydrogens is 360 g/mol. The van der Waals surface area contributed by atoms with Crippen LogP contribution in [-0.2, 0) is 14.3 Å². The first-order valence-corrected chi connectivity index (χ1v) is 12.5. The number of carbonyl (C=O) groups excluding carboxylic acids is 2. The van der Waals surface area contributed by atoms with Gasteiger partial charge in [-0.3, -0.25) is 4.79 Å². The predicted molar refractivity (Wildman–Crippen MR) is 115 cm³/mol. The number of fused-ring (bicyclic) bond motifs is 5. The van der Waals surface area contributed by atoms with Crippen molar-refractivity contribution in [1.82, 2.24) is 0 Å². The molecule has 0 spiro atoms. The topological polar surface area (TPSA) is 43.4 Å². The summed E-state index contributed by atoms with van der Waals surface area (Å²) in [4.78, 5) is 24.2. The highest BCUT2D eigenvalue weighted by Crippen LogP contribution is 2.68. The molecule has 3 heteroatoms. The summed E-state index contributed by atoms with van der Waals surface area (Å²) >= 11 is 0. The van der Waals surface area contributed by atoms with Gasteiger partial charge in [-0.15, -0.1) is 0 Å². The molecule has 0 aromatic heterocycles. The van der Waals surface area contributed by atoms with Gasteiger partial charge in [0.05, 0.1) is 6.61 Å². The summed E-state index contributed by atoms with van der Waals surface area (Å²) in [5.41, 5.74) is 0.944. The van der Waals surface area contributed by atoms with Gasteiger partial charge in [-0.1, -0.05) is 33.6 Å². The zero-order valence-corrected chi connectivity index (χ0v) is 19.2. The molecule has 0 heterocycles. The van der Waals surface area contributed by atoms with Crippen molar-refractivity contribution < 1.29 is 14.3 Å². The number of esters is 1. The fourth-order valence-corrected chi connectivity index (χ4v) is 9.00. The van der Waals surface area contributed by atoms with Crippen molar-refractivity contribution >= 4 is 11.8 Å². The molecule has 29 heavy (non-hydrogen) atoms. The minimum absolute atomic E-state index is 0.278. The van der Waals surface area contributed by atoms with Gasteiger partial charge in [-0.25, -0.2) is 4.79 Å². The van der Waals surface area contributed by atoms with Crippen LogP contribution in [0.4, 0.5) is 0 Å². The number of ketones is 1. The van der Waals surface area contributed by atoms with Crippen LogP contribution in [0.3, 0.4) is 0 Å². The molecule has 8 atom stereocenters. The van der Waals surface area contributed by atoms with E-state index in [1.807, 2.05) is 0 Å². The second-order valence-electron chi connectivity index (χ2n) is 11.5. The standard InChI is InChI=1S/C26H42O3/c1-5-29-24(28)23(27)16-17(2)20-11-12-21-19-10-9-18-8-6-7-14-25(18,3)22(19)13-15-26(20,21)4/h17-22H,5-16H2,1-4H3/t17-,18+,19+,20-,21+,22+,25+,26-/m1/s1. The summed E-state index contributed by atoms with van der Waals surface area (Å²) in [5, 5.41) is 0. The largest absolute Gasteiger partial charge is 0.460 e. The Bertz CT molecular complexity index is 642. The van der Waals surface area contributed by atoms with E-state index < -0.39 is 5.97 Å². The molecule has 3 nitrogen and oxygen atoms in total. The van der Waals surface area contributed by atoms with E-state index in [2.05, 4.69) is 20.8 Å². The molecule has 0 radical (unpaired) electrons. The van der Waals surface area contributed by atoms with Crippen molar-refractivity contribution in [2.45, 2.75) is 98.3 Å². The van der Waals surface area contributed by atoms with E-state index in [-0.39, 0.29) is 18.3 Å². The average molecular weight is 403 g/mol. The van der Waals surface area contributed by atoms with Crippen LogP contribution in [0, 0.1) is 46.3 Å². The Kier molecular flexibility index (Phi) is 5.90. The predicted octanol–water partition coefficient (Wildman–Crippen LogP) is 6.19. The third-order valence-corrected chi connectivity index (χ3v) is 10.4. The lowest BCUT2D eigenvalue weighted by Gasteiger charge is -2.61. The van der Waals surface area contributed by atoms with Crippen molar-refractivity contribution in [3.63, 3.8) is 0 Å². The normalized spacial score (nSPS) is 44.9. The number of Topliss-reactive ketones (excluding diaryl/α,β-unsaturated/α-hetero) is 1. The average Bonchev–Trinajstić information content (AvgIpc) is 3.05. The Hall–Kier alpha value is -0.860. The molecule has 0 saturated heterocycles. The number of carbonyl (C=O) groups is 2. The lowest BCUT2D eigenvalue weighted by atomic mass is 9.44. The lowest BCUT2D eigenvalue weighted by Crippen LogP contribution is -2.53. The molecule has 4 aliphatic carbocycles.